The average molecular weight is 664 g/mol. The van der Waals surface area contributed by atoms with Crippen LogP contribution in [0.3, 0.4) is 0 Å². The van der Waals surface area contributed by atoms with E-state index in [0.717, 1.165) is 0 Å². The van der Waals surface area contributed by atoms with Crippen LogP contribution in [0.4, 0.5) is 0 Å². The van der Waals surface area contributed by atoms with Gasteiger partial charge in [0.2, 0.25) is 0 Å². The number of para-hydroxylation sites is 2. The molecule has 0 radical (unpaired) electrons. The van der Waals surface area contributed by atoms with Crippen molar-refractivity contribution >= 4 is 44.2 Å². The molecular formula is C51H37N. The third-order valence-electron chi connectivity index (χ3n) is 11.2. The molecule has 0 N–H and O–H groups in total. The van der Waals surface area contributed by atoms with Crippen LogP contribution in [0.1, 0.15) is 41.7 Å². The standard InChI is InChI=1S/C51H37N/c1-51(2)47-19-8-5-15-42(47)43-31-28-38(33-48(43)51)46(41-18-11-13-37-12-3-4-14-40(37)41)32-34-22-24-35(25-23-34)36-26-29-39(30-27-36)52-49-20-9-6-16-44(49)45-17-7-10-21-50(45)52/h3-33H,1-2H3/b46-32-. The van der Waals surface area contributed by atoms with Crippen LogP contribution in [0.5, 0.6) is 0 Å². The summed E-state index contributed by atoms with van der Waals surface area (Å²) in [6, 6.07) is 66.7. The minimum absolute atomic E-state index is 0.0649. The molecule has 0 unspecified atom stereocenters. The smallest absolute Gasteiger partial charge is 0.0541 e. The molecule has 0 atom stereocenters. The lowest BCUT2D eigenvalue weighted by atomic mass is 9.81. The molecule has 9 aromatic rings. The van der Waals surface area contributed by atoms with E-state index in [1.807, 2.05) is 0 Å². The highest BCUT2D eigenvalue weighted by atomic mass is 15.0. The van der Waals surface area contributed by atoms with Crippen molar-refractivity contribution in [1.82, 2.24) is 4.57 Å². The van der Waals surface area contributed by atoms with E-state index in [4.69, 9.17) is 0 Å². The van der Waals surface area contributed by atoms with Crippen molar-refractivity contribution in [2.24, 2.45) is 0 Å². The molecule has 0 saturated heterocycles. The molecule has 246 valence electrons. The van der Waals surface area contributed by atoms with Crippen LogP contribution in [0.15, 0.2) is 182 Å². The Hall–Kier alpha value is -6.44. The SMILES string of the molecule is CC1(C)c2ccccc2-c2ccc(/C(=C/c3ccc(-c4ccc(-n5c6ccccc6c6ccccc65)cc4)cc3)c3cccc4ccccc34)cc21. The molecule has 1 aromatic heterocycles. The first kappa shape index (κ1) is 30.4. The molecule has 1 aliphatic carbocycles. The van der Waals surface area contributed by atoms with Crippen molar-refractivity contribution in [2.75, 3.05) is 0 Å². The maximum atomic E-state index is 2.44. The summed E-state index contributed by atoms with van der Waals surface area (Å²) in [6.45, 7) is 4.72. The van der Waals surface area contributed by atoms with E-state index in [2.05, 4.69) is 206 Å². The van der Waals surface area contributed by atoms with E-state index < -0.39 is 0 Å². The van der Waals surface area contributed by atoms with Gasteiger partial charge >= 0.3 is 0 Å². The molecule has 0 saturated carbocycles. The van der Waals surface area contributed by atoms with Crippen molar-refractivity contribution in [2.45, 2.75) is 19.3 Å². The zero-order valence-electron chi connectivity index (χ0n) is 29.3. The van der Waals surface area contributed by atoms with E-state index in [-0.39, 0.29) is 5.41 Å². The van der Waals surface area contributed by atoms with Crippen LogP contribution in [0.25, 0.3) is 72.2 Å². The van der Waals surface area contributed by atoms with Crippen molar-refractivity contribution in [3.05, 3.63) is 210 Å². The number of nitrogens with zero attached hydrogens (tertiary/aromatic N) is 1. The topological polar surface area (TPSA) is 4.93 Å². The first-order chi connectivity index (χ1) is 25.5. The monoisotopic (exact) mass is 663 g/mol. The van der Waals surface area contributed by atoms with Crippen LogP contribution in [-0.2, 0) is 5.41 Å². The first-order valence-corrected chi connectivity index (χ1v) is 18.2. The molecule has 0 fully saturated rings. The lowest BCUT2D eigenvalue weighted by Crippen LogP contribution is -2.15. The van der Waals surface area contributed by atoms with E-state index in [9.17, 15) is 0 Å². The molecule has 0 amide bonds. The second-order valence-corrected chi connectivity index (χ2v) is 14.6. The predicted molar refractivity (Wildman–Crippen MR) is 221 cm³/mol. The van der Waals surface area contributed by atoms with E-state index in [1.54, 1.807) is 0 Å². The molecule has 10 rings (SSSR count). The normalized spacial score (nSPS) is 13.5. The second-order valence-electron chi connectivity index (χ2n) is 14.6. The van der Waals surface area contributed by atoms with Gasteiger partial charge in [0.05, 0.1) is 11.0 Å². The Morgan fingerprint density at radius 3 is 1.79 bits per heavy atom. The molecule has 0 bridgehead atoms. The third kappa shape index (κ3) is 4.77. The lowest BCUT2D eigenvalue weighted by molar-refractivity contribution is 0.660. The summed E-state index contributed by atoms with van der Waals surface area (Å²) in [7, 11) is 0. The van der Waals surface area contributed by atoms with Crippen LogP contribution in [0.2, 0.25) is 0 Å². The van der Waals surface area contributed by atoms with Crippen LogP contribution in [-0.4, -0.2) is 4.57 Å². The Bertz CT molecular complexity index is 2790. The third-order valence-corrected chi connectivity index (χ3v) is 11.2. The zero-order valence-corrected chi connectivity index (χ0v) is 29.3. The number of aromatic nitrogens is 1. The minimum Gasteiger partial charge on any atom is -0.309 e. The highest BCUT2D eigenvalue weighted by molar-refractivity contribution is 6.09. The van der Waals surface area contributed by atoms with Crippen molar-refractivity contribution in [3.63, 3.8) is 0 Å². The van der Waals surface area contributed by atoms with Gasteiger partial charge in [-0.05, 0) is 103 Å². The summed E-state index contributed by atoms with van der Waals surface area (Å²) >= 11 is 0. The highest BCUT2D eigenvalue weighted by Gasteiger charge is 2.35. The average Bonchev–Trinajstić information content (AvgIpc) is 3.65. The van der Waals surface area contributed by atoms with Gasteiger partial charge in [0.25, 0.3) is 0 Å². The van der Waals surface area contributed by atoms with Gasteiger partial charge in [0, 0.05) is 21.9 Å². The van der Waals surface area contributed by atoms with Crippen molar-refractivity contribution in [1.29, 1.82) is 0 Å². The molecule has 0 aliphatic heterocycles. The van der Waals surface area contributed by atoms with E-state index in [1.165, 1.54) is 93.9 Å². The quantitative estimate of drug-likeness (QED) is 0.162. The maximum absolute atomic E-state index is 2.44. The van der Waals surface area contributed by atoms with E-state index >= 15 is 0 Å². The van der Waals surface area contributed by atoms with Gasteiger partial charge < -0.3 is 4.57 Å². The van der Waals surface area contributed by atoms with Crippen molar-refractivity contribution in [3.8, 4) is 27.9 Å². The van der Waals surface area contributed by atoms with Gasteiger partial charge in [0.15, 0.2) is 0 Å². The second kappa shape index (κ2) is 11.8. The Morgan fingerprint density at radius 1 is 0.481 bits per heavy atom. The number of rotatable bonds is 5. The molecule has 52 heavy (non-hydrogen) atoms. The maximum Gasteiger partial charge on any atom is 0.0541 e. The number of hydrogen-bond donors (Lipinski definition) is 0. The lowest BCUT2D eigenvalue weighted by Gasteiger charge is -2.22. The largest absolute Gasteiger partial charge is 0.309 e. The number of hydrogen-bond acceptors (Lipinski definition) is 0. The van der Waals surface area contributed by atoms with Gasteiger partial charge in [-0.2, -0.15) is 0 Å². The Balaban J connectivity index is 1.04. The Kier molecular flexibility index (Phi) is 6.91. The first-order valence-electron chi connectivity index (χ1n) is 18.2. The van der Waals surface area contributed by atoms with Gasteiger partial charge in [0.1, 0.15) is 0 Å². The number of benzene rings is 8. The summed E-state index contributed by atoms with van der Waals surface area (Å²) < 4.78 is 2.37. The summed E-state index contributed by atoms with van der Waals surface area (Å²) in [6.07, 6.45) is 2.37. The molecule has 1 heterocycles. The minimum atomic E-state index is -0.0649. The Labute approximate surface area is 304 Å². The fraction of sp³-hybridized carbons (Fsp3) is 0.0588. The molecular weight excluding hydrogens is 627 g/mol. The fourth-order valence-electron chi connectivity index (χ4n) is 8.59. The molecule has 1 aliphatic rings. The summed E-state index contributed by atoms with van der Waals surface area (Å²) in [5, 5.41) is 5.07. The van der Waals surface area contributed by atoms with E-state index in [0.29, 0.717) is 0 Å². The van der Waals surface area contributed by atoms with Gasteiger partial charge in [-0.25, -0.2) is 0 Å². The van der Waals surface area contributed by atoms with Gasteiger partial charge in [-0.15, -0.1) is 0 Å². The molecule has 8 aromatic carbocycles. The van der Waals surface area contributed by atoms with Crippen molar-refractivity contribution < 1.29 is 0 Å². The fourth-order valence-corrected chi connectivity index (χ4v) is 8.59. The summed E-state index contributed by atoms with van der Waals surface area (Å²) in [5.74, 6) is 0. The van der Waals surface area contributed by atoms with Gasteiger partial charge in [-0.1, -0.05) is 166 Å². The molecule has 1 heteroatoms. The van der Waals surface area contributed by atoms with Crippen LogP contribution >= 0.6 is 0 Å². The number of fused-ring (bicyclic) bond motifs is 7. The van der Waals surface area contributed by atoms with Crippen LogP contribution in [0, 0.1) is 0 Å². The zero-order chi connectivity index (χ0) is 34.8. The molecule has 0 spiro atoms. The van der Waals surface area contributed by atoms with Crippen LogP contribution < -0.4 is 0 Å². The van der Waals surface area contributed by atoms with Gasteiger partial charge in [-0.3, -0.25) is 0 Å². The Morgan fingerprint density at radius 2 is 1.06 bits per heavy atom. The summed E-state index contributed by atoms with van der Waals surface area (Å²) in [4.78, 5) is 0. The molecule has 1 nitrogen and oxygen atoms in total. The summed E-state index contributed by atoms with van der Waals surface area (Å²) in [5.41, 5.74) is 16.3. The predicted octanol–water partition coefficient (Wildman–Crippen LogP) is 13.5. The highest BCUT2D eigenvalue weighted by Crippen LogP contribution is 2.49.